The lowest BCUT2D eigenvalue weighted by atomic mass is 10.3. The number of anilines is 1. The van der Waals surface area contributed by atoms with Crippen molar-refractivity contribution in [2.45, 2.75) is 6.92 Å². The molecule has 0 atom stereocenters. The van der Waals surface area contributed by atoms with E-state index >= 15 is 0 Å². The maximum atomic E-state index is 12.1. The third-order valence-electron chi connectivity index (χ3n) is 2.50. The fourth-order valence-electron chi connectivity index (χ4n) is 1.51. The summed E-state index contributed by atoms with van der Waals surface area (Å²) in [6.45, 7) is 1.38. The van der Waals surface area contributed by atoms with Crippen molar-refractivity contribution in [2.24, 2.45) is 10.2 Å². The predicted octanol–water partition coefficient (Wildman–Crippen LogP) is 3.59. The molecule has 1 aromatic carbocycles. The van der Waals surface area contributed by atoms with Gasteiger partial charge in [0.2, 0.25) is 0 Å². The average molecular weight is 282 g/mol. The Bertz CT molecular complexity index is 663. The van der Waals surface area contributed by atoms with E-state index < -0.39 is 5.91 Å². The molecule has 1 heterocycles. The summed E-state index contributed by atoms with van der Waals surface area (Å²) >= 11 is 0. The standard InChI is InChI=1S/C15H14N4O2/c1-11(20)14(19-18-12-6-3-2-4-7-12)15(21)17-13-8-5-9-16-10-13/h2-10,20H,1H3,(H,17,21). The molecule has 1 aromatic heterocycles. The van der Waals surface area contributed by atoms with E-state index in [-0.39, 0.29) is 11.5 Å². The highest BCUT2D eigenvalue weighted by atomic mass is 16.3. The molecule has 0 aliphatic rings. The number of aliphatic hydroxyl groups is 1. The fourth-order valence-corrected chi connectivity index (χ4v) is 1.51. The maximum Gasteiger partial charge on any atom is 0.279 e. The van der Waals surface area contributed by atoms with E-state index in [0.29, 0.717) is 11.4 Å². The van der Waals surface area contributed by atoms with Crippen LogP contribution in [0.1, 0.15) is 6.92 Å². The van der Waals surface area contributed by atoms with Crippen LogP contribution >= 0.6 is 0 Å². The second-order valence-electron chi connectivity index (χ2n) is 4.17. The Morgan fingerprint density at radius 1 is 1.19 bits per heavy atom. The summed E-state index contributed by atoms with van der Waals surface area (Å²) in [6, 6.07) is 12.3. The van der Waals surface area contributed by atoms with E-state index in [9.17, 15) is 9.90 Å². The predicted molar refractivity (Wildman–Crippen MR) is 79.2 cm³/mol. The summed E-state index contributed by atoms with van der Waals surface area (Å²) in [5.41, 5.74) is 0.948. The first-order chi connectivity index (χ1) is 10.2. The molecule has 6 heteroatoms. The van der Waals surface area contributed by atoms with Gasteiger partial charge in [-0.1, -0.05) is 18.2 Å². The first-order valence-corrected chi connectivity index (χ1v) is 6.25. The number of aromatic nitrogens is 1. The largest absolute Gasteiger partial charge is 0.510 e. The number of amides is 1. The number of carbonyl (C=O) groups is 1. The number of benzene rings is 1. The van der Waals surface area contributed by atoms with E-state index in [1.54, 1.807) is 42.6 Å². The van der Waals surface area contributed by atoms with Crippen LogP contribution in [-0.2, 0) is 4.79 Å². The summed E-state index contributed by atoms with van der Waals surface area (Å²) in [4.78, 5) is 16.0. The minimum Gasteiger partial charge on any atom is -0.510 e. The number of rotatable bonds is 4. The molecular formula is C15H14N4O2. The lowest BCUT2D eigenvalue weighted by Gasteiger charge is -2.04. The molecule has 0 saturated heterocycles. The highest BCUT2D eigenvalue weighted by Crippen LogP contribution is 2.15. The van der Waals surface area contributed by atoms with Crippen molar-refractivity contribution in [1.82, 2.24) is 4.98 Å². The van der Waals surface area contributed by atoms with Crippen LogP contribution in [0.25, 0.3) is 0 Å². The summed E-state index contributed by atoms with van der Waals surface area (Å²) in [5.74, 6) is -0.765. The Balaban J connectivity index is 2.15. The number of azo groups is 1. The zero-order valence-corrected chi connectivity index (χ0v) is 11.4. The summed E-state index contributed by atoms with van der Waals surface area (Å²) in [6.07, 6.45) is 3.09. The molecule has 2 rings (SSSR count). The third-order valence-corrected chi connectivity index (χ3v) is 2.50. The van der Waals surface area contributed by atoms with E-state index in [0.717, 1.165) is 0 Å². The van der Waals surface area contributed by atoms with Crippen LogP contribution in [0.15, 0.2) is 76.5 Å². The Kier molecular flexibility index (Phi) is 4.76. The number of nitrogens with one attached hydrogen (secondary N) is 1. The van der Waals surface area contributed by atoms with Crippen LogP contribution in [-0.4, -0.2) is 16.0 Å². The minimum absolute atomic E-state index is 0.150. The average Bonchev–Trinajstić information content (AvgIpc) is 2.49. The molecule has 0 saturated carbocycles. The summed E-state index contributed by atoms with van der Waals surface area (Å²) in [5, 5.41) is 19.9. The molecule has 21 heavy (non-hydrogen) atoms. The molecule has 106 valence electrons. The molecule has 0 aliphatic heterocycles. The molecule has 0 aliphatic carbocycles. The number of aliphatic hydroxyl groups excluding tert-OH is 1. The summed E-state index contributed by atoms with van der Waals surface area (Å²) in [7, 11) is 0. The van der Waals surface area contributed by atoms with E-state index in [1.807, 2.05) is 6.07 Å². The van der Waals surface area contributed by atoms with Gasteiger partial charge in [0, 0.05) is 6.20 Å². The quantitative estimate of drug-likeness (QED) is 0.510. The maximum absolute atomic E-state index is 12.1. The molecule has 0 radical (unpaired) electrons. The van der Waals surface area contributed by atoms with Gasteiger partial charge in [0.15, 0.2) is 5.70 Å². The van der Waals surface area contributed by atoms with Gasteiger partial charge in [0.05, 0.1) is 17.6 Å². The lowest BCUT2D eigenvalue weighted by molar-refractivity contribution is -0.113. The minimum atomic E-state index is -0.553. The van der Waals surface area contributed by atoms with Gasteiger partial charge in [-0.05, 0) is 31.2 Å². The van der Waals surface area contributed by atoms with E-state index in [1.165, 1.54) is 13.1 Å². The SMILES string of the molecule is CC(O)=C(N=Nc1ccccc1)C(=O)Nc1cccnc1. The zero-order chi connectivity index (χ0) is 15.1. The third kappa shape index (κ3) is 4.24. The molecule has 0 unspecified atom stereocenters. The van der Waals surface area contributed by atoms with Crippen molar-refractivity contribution in [3.05, 3.63) is 66.3 Å². The van der Waals surface area contributed by atoms with Crippen LogP contribution in [0.3, 0.4) is 0 Å². The second-order valence-corrected chi connectivity index (χ2v) is 4.17. The zero-order valence-electron chi connectivity index (χ0n) is 11.4. The normalized spacial score (nSPS) is 12.0. The molecule has 0 bridgehead atoms. The van der Waals surface area contributed by atoms with Crippen LogP contribution < -0.4 is 5.32 Å². The Labute approximate surface area is 121 Å². The van der Waals surface area contributed by atoms with Crippen molar-refractivity contribution < 1.29 is 9.90 Å². The Morgan fingerprint density at radius 3 is 2.57 bits per heavy atom. The number of hydrogen-bond acceptors (Lipinski definition) is 5. The fraction of sp³-hybridized carbons (Fsp3) is 0.0667. The van der Waals surface area contributed by atoms with Crippen molar-refractivity contribution in [2.75, 3.05) is 5.32 Å². The Hall–Kier alpha value is -3.02. The monoisotopic (exact) mass is 282 g/mol. The van der Waals surface area contributed by atoms with E-state index in [2.05, 4.69) is 20.5 Å². The van der Waals surface area contributed by atoms with Gasteiger partial charge in [-0.25, -0.2) is 0 Å². The van der Waals surface area contributed by atoms with Crippen molar-refractivity contribution in [3.8, 4) is 0 Å². The number of carbonyl (C=O) groups excluding carboxylic acids is 1. The molecule has 1 amide bonds. The number of pyridine rings is 1. The van der Waals surface area contributed by atoms with Gasteiger partial charge in [0.1, 0.15) is 5.76 Å². The van der Waals surface area contributed by atoms with Crippen molar-refractivity contribution in [3.63, 3.8) is 0 Å². The van der Waals surface area contributed by atoms with Crippen LogP contribution in [0.5, 0.6) is 0 Å². The lowest BCUT2D eigenvalue weighted by Crippen LogP contribution is -2.14. The second kappa shape index (κ2) is 6.95. The molecule has 0 spiro atoms. The van der Waals surface area contributed by atoms with Gasteiger partial charge in [0.25, 0.3) is 5.91 Å². The van der Waals surface area contributed by atoms with Gasteiger partial charge in [-0.2, -0.15) is 5.11 Å². The number of hydrogen-bond donors (Lipinski definition) is 2. The topological polar surface area (TPSA) is 86.9 Å². The van der Waals surface area contributed by atoms with Gasteiger partial charge in [-0.3, -0.25) is 9.78 Å². The molecule has 6 nitrogen and oxygen atoms in total. The molecule has 2 aromatic rings. The number of allylic oxidation sites excluding steroid dienone is 1. The van der Waals surface area contributed by atoms with Crippen LogP contribution in [0.2, 0.25) is 0 Å². The first kappa shape index (κ1) is 14.4. The van der Waals surface area contributed by atoms with Crippen LogP contribution in [0.4, 0.5) is 11.4 Å². The van der Waals surface area contributed by atoms with Gasteiger partial charge < -0.3 is 10.4 Å². The molecular weight excluding hydrogens is 268 g/mol. The first-order valence-electron chi connectivity index (χ1n) is 6.25. The van der Waals surface area contributed by atoms with Crippen molar-refractivity contribution in [1.29, 1.82) is 0 Å². The number of nitrogens with zero attached hydrogens (tertiary/aromatic N) is 3. The summed E-state index contributed by atoms with van der Waals surface area (Å²) < 4.78 is 0. The highest BCUT2D eigenvalue weighted by molar-refractivity contribution is 6.03. The smallest absolute Gasteiger partial charge is 0.279 e. The van der Waals surface area contributed by atoms with E-state index in [4.69, 9.17) is 0 Å². The molecule has 2 N–H and O–H groups in total. The molecule has 0 fully saturated rings. The Morgan fingerprint density at radius 2 is 1.95 bits per heavy atom. The van der Waals surface area contributed by atoms with Gasteiger partial charge in [-0.15, -0.1) is 5.11 Å². The van der Waals surface area contributed by atoms with Gasteiger partial charge >= 0.3 is 0 Å². The van der Waals surface area contributed by atoms with Crippen molar-refractivity contribution >= 4 is 17.3 Å². The van der Waals surface area contributed by atoms with Crippen LogP contribution in [0, 0.1) is 0 Å². The highest BCUT2D eigenvalue weighted by Gasteiger charge is 2.13.